The Bertz CT molecular complexity index is 1250. The first kappa shape index (κ1) is 24.5. The van der Waals surface area contributed by atoms with Crippen LogP contribution in [0.1, 0.15) is 18.4 Å². The first-order chi connectivity index (χ1) is 17.2. The Morgan fingerprint density at radius 2 is 1.89 bits per heavy atom. The minimum Gasteiger partial charge on any atom is -0.497 e. The number of carbonyl (C=O) groups is 3. The van der Waals surface area contributed by atoms with E-state index >= 15 is 0 Å². The smallest absolute Gasteiger partial charge is 0.412 e. The molecule has 3 amide bonds. The van der Waals surface area contributed by atoms with E-state index in [1.54, 1.807) is 24.1 Å². The second-order valence-electron chi connectivity index (χ2n) is 8.21. The van der Waals surface area contributed by atoms with Crippen molar-refractivity contribution in [2.45, 2.75) is 18.4 Å². The predicted octanol–water partition coefficient (Wildman–Crippen LogP) is 3.19. The minimum atomic E-state index is -0.878. The van der Waals surface area contributed by atoms with Gasteiger partial charge in [-0.25, -0.2) is 4.79 Å². The Labute approximate surface area is 206 Å². The summed E-state index contributed by atoms with van der Waals surface area (Å²) in [5.41, 5.74) is 0.604. The molecule has 2 heterocycles. The van der Waals surface area contributed by atoms with E-state index in [4.69, 9.17) is 14.2 Å². The van der Waals surface area contributed by atoms with Gasteiger partial charge in [0.25, 0.3) is 5.69 Å². The number of methoxy groups -OCH3 is 2. The molecule has 0 atom stereocenters. The van der Waals surface area contributed by atoms with Gasteiger partial charge in [-0.2, -0.15) is 0 Å². The first-order valence-corrected chi connectivity index (χ1v) is 11.0. The number of piperidine rings is 1. The summed E-state index contributed by atoms with van der Waals surface area (Å²) in [6.07, 6.45) is 2.44. The number of hydrogen-bond acceptors (Lipinski definition) is 8. The fourth-order valence-corrected chi connectivity index (χ4v) is 4.29. The number of anilines is 2. The number of nitrogens with one attached hydrogen (secondary N) is 2. The summed E-state index contributed by atoms with van der Waals surface area (Å²) < 4.78 is 16.1. The lowest BCUT2D eigenvalue weighted by Gasteiger charge is -2.44. The van der Waals surface area contributed by atoms with Crippen LogP contribution in [0, 0.1) is 10.1 Å². The van der Waals surface area contributed by atoms with Gasteiger partial charge in [-0.05, 0) is 24.3 Å². The van der Waals surface area contributed by atoms with Crippen molar-refractivity contribution in [3.05, 3.63) is 64.2 Å². The van der Waals surface area contributed by atoms with E-state index in [-0.39, 0.29) is 23.0 Å². The quantitative estimate of drug-likeness (QED) is 0.352. The van der Waals surface area contributed by atoms with Crippen molar-refractivity contribution in [3.8, 4) is 11.5 Å². The number of nitrogens with zero attached hydrogens (tertiary/aromatic N) is 2. The van der Waals surface area contributed by atoms with Crippen molar-refractivity contribution in [2.24, 2.45) is 0 Å². The lowest BCUT2D eigenvalue weighted by molar-refractivity contribution is -0.384. The first-order valence-electron chi connectivity index (χ1n) is 11.0. The Balaban J connectivity index is 1.40. The summed E-state index contributed by atoms with van der Waals surface area (Å²) in [6.45, 7) is 0.621. The highest BCUT2D eigenvalue weighted by Crippen LogP contribution is 2.44. The van der Waals surface area contributed by atoms with Crippen molar-refractivity contribution in [2.75, 3.05) is 37.9 Å². The summed E-state index contributed by atoms with van der Waals surface area (Å²) in [6, 6.07) is 9.10. The topological polar surface area (TPSA) is 149 Å². The summed E-state index contributed by atoms with van der Waals surface area (Å²) in [7, 11) is 2.88. The zero-order chi connectivity index (χ0) is 25.9. The third-order valence-electron chi connectivity index (χ3n) is 6.16. The van der Waals surface area contributed by atoms with Crippen molar-refractivity contribution in [1.29, 1.82) is 0 Å². The Hall–Kier alpha value is -4.61. The summed E-state index contributed by atoms with van der Waals surface area (Å²) in [5.74, 6) is -0.226. The SMILES string of the molecule is COc1ccc2c(c1)C1(CCN(C(=O)/C=C/C(=O)Nc3ccc([N+](=O)[O-])cc3OC)CC1)OC(=O)N2. The van der Waals surface area contributed by atoms with Crippen molar-refractivity contribution in [1.82, 2.24) is 4.90 Å². The van der Waals surface area contributed by atoms with Gasteiger partial charge in [-0.3, -0.25) is 25.0 Å². The molecular formula is C24H24N4O8. The fourth-order valence-electron chi connectivity index (χ4n) is 4.29. The molecule has 1 spiro atoms. The van der Waals surface area contributed by atoms with Crippen molar-refractivity contribution < 1.29 is 33.5 Å². The fraction of sp³-hybridized carbons (Fsp3) is 0.292. The largest absolute Gasteiger partial charge is 0.497 e. The zero-order valence-corrected chi connectivity index (χ0v) is 19.6. The van der Waals surface area contributed by atoms with E-state index in [2.05, 4.69) is 10.6 Å². The molecular weight excluding hydrogens is 472 g/mol. The van der Waals surface area contributed by atoms with Crippen molar-refractivity contribution >= 4 is 35.0 Å². The number of hydrogen-bond donors (Lipinski definition) is 2. The Morgan fingerprint density at radius 1 is 1.14 bits per heavy atom. The van der Waals surface area contributed by atoms with Gasteiger partial charge in [0.2, 0.25) is 11.8 Å². The van der Waals surface area contributed by atoms with Gasteiger partial charge in [0, 0.05) is 49.7 Å². The third kappa shape index (κ3) is 4.92. The van der Waals surface area contributed by atoms with Crippen LogP contribution in [-0.4, -0.2) is 55.0 Å². The van der Waals surface area contributed by atoms with Gasteiger partial charge >= 0.3 is 6.09 Å². The lowest BCUT2D eigenvalue weighted by atomic mass is 9.82. The number of amides is 3. The normalized spacial score (nSPS) is 16.1. The predicted molar refractivity (Wildman–Crippen MR) is 128 cm³/mol. The van der Waals surface area contributed by atoms with Gasteiger partial charge in [0.15, 0.2) is 0 Å². The Kier molecular flexibility index (Phi) is 6.77. The maximum atomic E-state index is 12.7. The van der Waals surface area contributed by atoms with Crippen LogP contribution in [0.5, 0.6) is 11.5 Å². The molecule has 1 saturated heterocycles. The molecule has 2 aromatic carbocycles. The van der Waals surface area contributed by atoms with E-state index in [0.29, 0.717) is 37.4 Å². The molecule has 0 aromatic heterocycles. The number of carbonyl (C=O) groups excluding carboxylic acids is 3. The maximum absolute atomic E-state index is 12.7. The van der Waals surface area contributed by atoms with Gasteiger partial charge in [-0.15, -0.1) is 0 Å². The van der Waals surface area contributed by atoms with Gasteiger partial charge in [0.05, 0.1) is 36.6 Å². The lowest BCUT2D eigenvalue weighted by Crippen LogP contribution is -2.49. The zero-order valence-electron chi connectivity index (χ0n) is 19.6. The maximum Gasteiger partial charge on any atom is 0.412 e. The van der Waals surface area contributed by atoms with E-state index in [1.807, 2.05) is 6.07 Å². The molecule has 12 heteroatoms. The molecule has 2 aromatic rings. The van der Waals surface area contributed by atoms with Crippen LogP contribution in [0.3, 0.4) is 0 Å². The number of benzene rings is 2. The van der Waals surface area contributed by atoms with Crippen LogP contribution in [0.15, 0.2) is 48.6 Å². The van der Waals surface area contributed by atoms with Crippen molar-refractivity contribution in [3.63, 3.8) is 0 Å². The second-order valence-corrected chi connectivity index (χ2v) is 8.21. The van der Waals surface area contributed by atoms with Crippen LogP contribution in [0.25, 0.3) is 0 Å². The molecule has 2 aliphatic heterocycles. The van der Waals surface area contributed by atoms with Crippen LogP contribution < -0.4 is 20.1 Å². The summed E-state index contributed by atoms with van der Waals surface area (Å²) in [4.78, 5) is 49.1. The van der Waals surface area contributed by atoms with Crippen LogP contribution >= 0.6 is 0 Å². The molecule has 2 aliphatic rings. The van der Waals surface area contributed by atoms with Crippen LogP contribution in [-0.2, 0) is 19.9 Å². The summed E-state index contributed by atoms with van der Waals surface area (Å²) in [5, 5.41) is 16.1. The van der Waals surface area contributed by atoms with E-state index in [9.17, 15) is 24.5 Å². The summed E-state index contributed by atoms with van der Waals surface area (Å²) >= 11 is 0. The molecule has 0 bridgehead atoms. The average Bonchev–Trinajstić information content (AvgIpc) is 2.87. The molecule has 4 rings (SSSR count). The monoisotopic (exact) mass is 496 g/mol. The molecule has 2 N–H and O–H groups in total. The van der Waals surface area contributed by atoms with Gasteiger partial charge in [-0.1, -0.05) is 0 Å². The number of non-ortho nitro benzene ring substituents is 1. The van der Waals surface area contributed by atoms with Gasteiger partial charge in [0.1, 0.15) is 17.1 Å². The molecule has 0 radical (unpaired) electrons. The second kappa shape index (κ2) is 9.94. The molecule has 0 aliphatic carbocycles. The highest BCUT2D eigenvalue weighted by molar-refractivity contribution is 6.04. The minimum absolute atomic E-state index is 0.118. The van der Waals surface area contributed by atoms with Crippen LogP contribution in [0.2, 0.25) is 0 Å². The number of likely N-dealkylation sites (tertiary alicyclic amines) is 1. The van der Waals surface area contributed by atoms with E-state index in [1.165, 1.54) is 25.3 Å². The van der Waals surface area contributed by atoms with Crippen LogP contribution in [0.4, 0.5) is 21.9 Å². The highest BCUT2D eigenvalue weighted by atomic mass is 16.6. The number of nitro benzene ring substituents is 1. The van der Waals surface area contributed by atoms with E-state index < -0.39 is 22.5 Å². The highest BCUT2D eigenvalue weighted by Gasteiger charge is 2.45. The molecule has 1 fully saturated rings. The Morgan fingerprint density at radius 3 is 2.56 bits per heavy atom. The molecule has 0 saturated carbocycles. The molecule has 0 unspecified atom stereocenters. The third-order valence-corrected chi connectivity index (χ3v) is 6.16. The number of fused-ring (bicyclic) bond motifs is 2. The number of rotatable bonds is 6. The molecule has 36 heavy (non-hydrogen) atoms. The molecule has 188 valence electrons. The van der Waals surface area contributed by atoms with E-state index in [0.717, 1.165) is 17.7 Å². The standard InChI is InChI=1S/C24H24N4O8/c1-34-16-4-6-18-17(14-16)24(36-23(31)26-18)9-11-27(12-10-24)22(30)8-7-21(29)25-19-5-3-15(28(32)33)13-20(19)35-2/h3-8,13-14H,9-12H2,1-2H3,(H,25,29)(H,26,31)/b8-7+. The number of nitro groups is 1. The number of ether oxygens (including phenoxy) is 3. The molecule has 12 nitrogen and oxygen atoms in total. The van der Waals surface area contributed by atoms with Gasteiger partial charge < -0.3 is 24.4 Å². The average molecular weight is 496 g/mol.